The van der Waals surface area contributed by atoms with E-state index in [-0.39, 0.29) is 11.0 Å². The van der Waals surface area contributed by atoms with Crippen LogP contribution in [0.2, 0.25) is 0 Å². The van der Waals surface area contributed by atoms with Gasteiger partial charge in [0.2, 0.25) is 0 Å². The standard InChI is InChI=1S/C14H14N4O3/c1-8-5-12(19)11(7-16-8)13(20)17-9-3-2-4-10(6-9)18-14(15)21/h2-7H,1H3,(H,16,19)(H,17,20)(H3,15,18,21). The van der Waals surface area contributed by atoms with E-state index in [2.05, 4.69) is 15.6 Å². The van der Waals surface area contributed by atoms with Gasteiger partial charge in [0, 0.05) is 29.3 Å². The van der Waals surface area contributed by atoms with Gasteiger partial charge in [-0.2, -0.15) is 0 Å². The first-order valence-corrected chi connectivity index (χ1v) is 6.13. The molecule has 7 nitrogen and oxygen atoms in total. The molecule has 7 heteroatoms. The van der Waals surface area contributed by atoms with Crippen LogP contribution < -0.4 is 21.8 Å². The van der Waals surface area contributed by atoms with E-state index in [4.69, 9.17) is 5.73 Å². The average molecular weight is 286 g/mol. The highest BCUT2D eigenvalue weighted by Crippen LogP contribution is 2.15. The third-order valence-electron chi connectivity index (χ3n) is 2.69. The molecule has 108 valence electrons. The Morgan fingerprint density at radius 3 is 2.43 bits per heavy atom. The zero-order valence-electron chi connectivity index (χ0n) is 11.3. The van der Waals surface area contributed by atoms with E-state index in [1.807, 2.05) is 0 Å². The minimum absolute atomic E-state index is 0.00821. The van der Waals surface area contributed by atoms with E-state index in [0.29, 0.717) is 17.1 Å². The van der Waals surface area contributed by atoms with Crippen LogP contribution in [-0.4, -0.2) is 16.9 Å². The number of nitrogens with one attached hydrogen (secondary N) is 3. The van der Waals surface area contributed by atoms with Crippen LogP contribution in [0.5, 0.6) is 0 Å². The number of carbonyl (C=O) groups excluding carboxylic acids is 2. The number of nitrogens with two attached hydrogens (primary N) is 1. The fourth-order valence-corrected chi connectivity index (χ4v) is 1.77. The Kier molecular flexibility index (Phi) is 4.03. The highest BCUT2D eigenvalue weighted by atomic mass is 16.2. The zero-order chi connectivity index (χ0) is 15.4. The minimum Gasteiger partial charge on any atom is -0.364 e. The second-order valence-corrected chi connectivity index (χ2v) is 4.42. The molecule has 1 aromatic heterocycles. The fraction of sp³-hybridized carbons (Fsp3) is 0.0714. The van der Waals surface area contributed by atoms with Gasteiger partial charge >= 0.3 is 6.03 Å². The molecule has 0 radical (unpaired) electrons. The van der Waals surface area contributed by atoms with Crippen molar-refractivity contribution < 1.29 is 9.59 Å². The molecular formula is C14H14N4O3. The number of hydrogen-bond donors (Lipinski definition) is 4. The lowest BCUT2D eigenvalue weighted by Crippen LogP contribution is -2.22. The molecule has 0 unspecified atom stereocenters. The Labute approximate surface area is 120 Å². The number of urea groups is 1. The molecule has 0 aliphatic heterocycles. The molecule has 0 saturated heterocycles. The highest BCUT2D eigenvalue weighted by Gasteiger charge is 2.10. The Hall–Kier alpha value is -3.09. The van der Waals surface area contributed by atoms with Gasteiger partial charge in [0.05, 0.1) is 0 Å². The number of anilines is 2. The topological polar surface area (TPSA) is 117 Å². The Balaban J connectivity index is 2.19. The quantitative estimate of drug-likeness (QED) is 0.683. The number of primary amides is 1. The molecule has 0 aliphatic rings. The lowest BCUT2D eigenvalue weighted by Gasteiger charge is -2.07. The van der Waals surface area contributed by atoms with Crippen LogP contribution in [0, 0.1) is 6.92 Å². The van der Waals surface area contributed by atoms with Crippen molar-refractivity contribution in [1.29, 1.82) is 0 Å². The number of benzene rings is 1. The molecule has 1 heterocycles. The molecule has 0 bridgehead atoms. The number of aryl methyl sites for hydroxylation is 1. The van der Waals surface area contributed by atoms with Crippen molar-refractivity contribution in [3.63, 3.8) is 0 Å². The van der Waals surface area contributed by atoms with Gasteiger partial charge in [-0.3, -0.25) is 9.59 Å². The normalized spacial score (nSPS) is 9.95. The monoisotopic (exact) mass is 286 g/mol. The van der Waals surface area contributed by atoms with Crippen molar-refractivity contribution in [2.24, 2.45) is 5.73 Å². The molecule has 0 aliphatic carbocycles. The number of aromatic amines is 1. The van der Waals surface area contributed by atoms with Crippen LogP contribution in [0.25, 0.3) is 0 Å². The van der Waals surface area contributed by atoms with Crippen molar-refractivity contribution in [3.8, 4) is 0 Å². The van der Waals surface area contributed by atoms with Crippen molar-refractivity contribution in [2.45, 2.75) is 6.92 Å². The van der Waals surface area contributed by atoms with E-state index in [0.717, 1.165) is 0 Å². The molecule has 5 N–H and O–H groups in total. The lowest BCUT2D eigenvalue weighted by molar-refractivity contribution is 0.102. The van der Waals surface area contributed by atoms with Gasteiger partial charge in [0.15, 0.2) is 5.43 Å². The van der Waals surface area contributed by atoms with Gasteiger partial charge in [-0.1, -0.05) is 6.07 Å². The van der Waals surface area contributed by atoms with Crippen molar-refractivity contribution in [2.75, 3.05) is 10.6 Å². The van der Waals surface area contributed by atoms with Crippen LogP contribution in [0.15, 0.2) is 41.3 Å². The first-order valence-electron chi connectivity index (χ1n) is 6.13. The van der Waals surface area contributed by atoms with Crippen LogP contribution in [0.3, 0.4) is 0 Å². The molecule has 0 saturated carbocycles. The van der Waals surface area contributed by atoms with Crippen molar-refractivity contribution in [1.82, 2.24) is 4.98 Å². The Bertz CT molecular complexity index is 752. The molecule has 1 aromatic carbocycles. The van der Waals surface area contributed by atoms with Crippen LogP contribution in [-0.2, 0) is 0 Å². The number of hydrogen-bond acceptors (Lipinski definition) is 3. The van der Waals surface area contributed by atoms with Gasteiger partial charge in [-0.15, -0.1) is 0 Å². The summed E-state index contributed by atoms with van der Waals surface area (Å²) in [6.45, 7) is 1.72. The summed E-state index contributed by atoms with van der Waals surface area (Å²) in [7, 11) is 0. The van der Waals surface area contributed by atoms with Crippen LogP contribution in [0.4, 0.5) is 16.2 Å². The summed E-state index contributed by atoms with van der Waals surface area (Å²) < 4.78 is 0. The second kappa shape index (κ2) is 5.91. The third-order valence-corrected chi connectivity index (χ3v) is 2.69. The fourth-order valence-electron chi connectivity index (χ4n) is 1.77. The molecular weight excluding hydrogens is 272 g/mol. The van der Waals surface area contributed by atoms with Crippen molar-refractivity contribution in [3.05, 3.63) is 58.0 Å². The summed E-state index contributed by atoms with van der Waals surface area (Å²) in [6, 6.07) is 7.07. The van der Waals surface area contributed by atoms with Crippen molar-refractivity contribution >= 4 is 23.3 Å². The average Bonchev–Trinajstić information content (AvgIpc) is 2.37. The molecule has 2 rings (SSSR count). The largest absolute Gasteiger partial charge is 0.364 e. The summed E-state index contributed by atoms with van der Waals surface area (Å²) >= 11 is 0. The summed E-state index contributed by atoms with van der Waals surface area (Å²) in [5, 5.41) is 4.98. The minimum atomic E-state index is -0.701. The Morgan fingerprint density at radius 1 is 1.14 bits per heavy atom. The van der Waals surface area contributed by atoms with E-state index in [1.54, 1.807) is 25.1 Å². The van der Waals surface area contributed by atoms with Crippen LogP contribution >= 0.6 is 0 Å². The number of carbonyl (C=O) groups is 2. The second-order valence-electron chi connectivity index (χ2n) is 4.42. The SMILES string of the molecule is Cc1cc(=O)c(C(=O)Nc2cccc(NC(N)=O)c2)c[nH]1. The smallest absolute Gasteiger partial charge is 0.316 e. The zero-order valence-corrected chi connectivity index (χ0v) is 11.3. The molecule has 0 spiro atoms. The van der Waals surface area contributed by atoms with Gasteiger partial charge < -0.3 is 21.4 Å². The predicted octanol–water partition coefficient (Wildman–Crippen LogP) is 1.43. The van der Waals surface area contributed by atoms with E-state index < -0.39 is 11.9 Å². The number of H-pyrrole nitrogens is 1. The summed E-state index contributed by atoms with van der Waals surface area (Å²) in [4.78, 5) is 37.4. The van der Waals surface area contributed by atoms with Crippen LogP contribution in [0.1, 0.15) is 16.1 Å². The van der Waals surface area contributed by atoms with Gasteiger partial charge in [-0.05, 0) is 25.1 Å². The molecule has 0 fully saturated rings. The van der Waals surface area contributed by atoms with Gasteiger partial charge in [-0.25, -0.2) is 4.79 Å². The Morgan fingerprint density at radius 2 is 1.81 bits per heavy atom. The number of pyridine rings is 1. The van der Waals surface area contributed by atoms with Gasteiger partial charge in [0.25, 0.3) is 5.91 Å². The summed E-state index contributed by atoms with van der Waals surface area (Å²) in [6.07, 6.45) is 1.36. The molecule has 21 heavy (non-hydrogen) atoms. The molecule has 0 atom stereocenters. The maximum absolute atomic E-state index is 12.0. The van der Waals surface area contributed by atoms with Gasteiger partial charge in [0.1, 0.15) is 5.56 Å². The third kappa shape index (κ3) is 3.69. The predicted molar refractivity (Wildman–Crippen MR) is 79.4 cm³/mol. The molecule has 3 amide bonds. The number of aromatic nitrogens is 1. The van der Waals surface area contributed by atoms with E-state index in [1.165, 1.54) is 18.3 Å². The first-order chi connectivity index (χ1) is 9.95. The summed E-state index contributed by atoms with van der Waals surface area (Å²) in [5.74, 6) is -0.535. The van der Waals surface area contributed by atoms with E-state index >= 15 is 0 Å². The highest BCUT2D eigenvalue weighted by molar-refractivity contribution is 6.04. The van der Waals surface area contributed by atoms with E-state index in [9.17, 15) is 14.4 Å². The lowest BCUT2D eigenvalue weighted by atomic mass is 10.2. The number of amides is 3. The first kappa shape index (κ1) is 14.3. The maximum Gasteiger partial charge on any atom is 0.316 e. The number of rotatable bonds is 3. The molecule has 2 aromatic rings. The maximum atomic E-state index is 12.0. The summed E-state index contributed by atoms with van der Waals surface area (Å²) in [5.41, 5.74) is 6.21.